The molecule has 2 aromatic rings. The Bertz CT molecular complexity index is 1230. The second kappa shape index (κ2) is 11.3. The highest BCUT2D eigenvalue weighted by Crippen LogP contribution is 2.53. The molecule has 2 amide bonds. The van der Waals surface area contributed by atoms with Gasteiger partial charge in [0.15, 0.2) is 0 Å². The van der Waals surface area contributed by atoms with Gasteiger partial charge in [-0.25, -0.2) is 4.39 Å². The molecule has 0 fully saturated rings. The van der Waals surface area contributed by atoms with Crippen molar-refractivity contribution in [3.8, 4) is 0 Å². The van der Waals surface area contributed by atoms with Crippen LogP contribution in [-0.4, -0.2) is 30.7 Å². The van der Waals surface area contributed by atoms with Gasteiger partial charge >= 0.3 is 18.0 Å². The number of alkyl halides is 7. The van der Waals surface area contributed by atoms with E-state index in [2.05, 4.69) is 16.7 Å². The third-order valence-corrected chi connectivity index (χ3v) is 6.57. The lowest BCUT2D eigenvalue weighted by Gasteiger charge is -2.30. The van der Waals surface area contributed by atoms with Gasteiger partial charge in [0.1, 0.15) is 0 Å². The lowest BCUT2D eigenvalue weighted by atomic mass is 9.92. The van der Waals surface area contributed by atoms with Crippen LogP contribution >= 0.6 is 11.6 Å². The monoisotopic (exact) mass is 564 g/mol. The highest BCUT2D eigenvalue weighted by Gasteiger charge is 2.73. The first-order chi connectivity index (χ1) is 17.7. The Balaban J connectivity index is 1.81. The van der Waals surface area contributed by atoms with Gasteiger partial charge in [0, 0.05) is 17.8 Å². The van der Waals surface area contributed by atoms with E-state index in [1.807, 2.05) is 0 Å². The van der Waals surface area contributed by atoms with Crippen molar-refractivity contribution in [3.05, 3.63) is 75.3 Å². The SMILES string of the molecule is Cc1cc(C(F)(C(F)(F)F)C(F)(F)F)ccc1NC(=O)c1cccc(Cl)c1C(=O)NCCC1=CCCCC1. The molecular formula is C26H24ClF7N2O2. The molecule has 1 aliphatic carbocycles. The molecule has 0 atom stereocenters. The van der Waals surface area contributed by atoms with Crippen molar-refractivity contribution in [2.24, 2.45) is 0 Å². The average molecular weight is 565 g/mol. The summed E-state index contributed by atoms with van der Waals surface area (Å²) >= 11 is 6.18. The van der Waals surface area contributed by atoms with E-state index in [9.17, 15) is 40.3 Å². The predicted octanol–water partition coefficient (Wildman–Crippen LogP) is 7.81. The van der Waals surface area contributed by atoms with Gasteiger partial charge in [-0.1, -0.05) is 41.4 Å². The molecule has 2 aromatic carbocycles. The third-order valence-electron chi connectivity index (χ3n) is 6.26. The quantitative estimate of drug-likeness (QED) is 0.266. The number of aryl methyl sites for hydroxylation is 1. The number of benzene rings is 2. The zero-order chi connectivity index (χ0) is 28.3. The van der Waals surface area contributed by atoms with Crippen molar-refractivity contribution in [2.45, 2.75) is 57.0 Å². The normalized spacial score (nSPS) is 14.6. The number of carbonyl (C=O) groups is 2. The van der Waals surface area contributed by atoms with Gasteiger partial charge in [-0.3, -0.25) is 9.59 Å². The van der Waals surface area contributed by atoms with Crippen molar-refractivity contribution >= 4 is 29.1 Å². The Kier molecular flexibility index (Phi) is 8.80. The molecule has 1 aliphatic rings. The van der Waals surface area contributed by atoms with Crippen molar-refractivity contribution in [3.63, 3.8) is 0 Å². The van der Waals surface area contributed by atoms with E-state index >= 15 is 0 Å². The summed E-state index contributed by atoms with van der Waals surface area (Å²) in [5.74, 6) is -1.51. The molecule has 0 bridgehead atoms. The molecule has 0 spiro atoms. The van der Waals surface area contributed by atoms with Gasteiger partial charge in [0.05, 0.1) is 16.1 Å². The molecule has 4 nitrogen and oxygen atoms in total. The zero-order valence-corrected chi connectivity index (χ0v) is 20.9. The van der Waals surface area contributed by atoms with Crippen LogP contribution in [0.3, 0.4) is 0 Å². The number of anilines is 1. The minimum Gasteiger partial charge on any atom is -0.352 e. The maximum absolute atomic E-state index is 14.4. The Morgan fingerprint density at radius 3 is 2.21 bits per heavy atom. The summed E-state index contributed by atoms with van der Waals surface area (Å²) in [6.07, 6.45) is -5.63. The fraction of sp³-hybridized carbons (Fsp3) is 0.385. The van der Waals surface area contributed by atoms with E-state index in [4.69, 9.17) is 11.6 Å². The topological polar surface area (TPSA) is 58.2 Å². The minimum absolute atomic E-state index is 0.0309. The van der Waals surface area contributed by atoms with Gasteiger partial charge in [0.2, 0.25) is 0 Å². The predicted molar refractivity (Wildman–Crippen MR) is 129 cm³/mol. The van der Waals surface area contributed by atoms with Gasteiger partial charge in [-0.05, 0) is 62.8 Å². The van der Waals surface area contributed by atoms with Crippen molar-refractivity contribution in [1.82, 2.24) is 5.32 Å². The van der Waals surface area contributed by atoms with Crippen LogP contribution in [0.5, 0.6) is 0 Å². The van der Waals surface area contributed by atoms with Crippen LogP contribution in [0.15, 0.2) is 48.0 Å². The number of halogens is 8. The first kappa shape index (κ1) is 29.5. The number of carbonyl (C=O) groups excluding carboxylic acids is 2. The van der Waals surface area contributed by atoms with Crippen LogP contribution in [0.2, 0.25) is 5.02 Å². The van der Waals surface area contributed by atoms with E-state index in [1.54, 1.807) is 0 Å². The van der Waals surface area contributed by atoms with E-state index < -0.39 is 35.4 Å². The molecule has 38 heavy (non-hydrogen) atoms. The highest BCUT2D eigenvalue weighted by molar-refractivity contribution is 6.35. The second-order valence-corrected chi connectivity index (χ2v) is 9.32. The summed E-state index contributed by atoms with van der Waals surface area (Å²) in [4.78, 5) is 25.8. The summed E-state index contributed by atoms with van der Waals surface area (Å²) in [5.41, 5.74) is -6.80. The van der Waals surface area contributed by atoms with Crippen molar-refractivity contribution in [2.75, 3.05) is 11.9 Å². The van der Waals surface area contributed by atoms with Crippen molar-refractivity contribution in [1.29, 1.82) is 0 Å². The average Bonchev–Trinajstić information content (AvgIpc) is 2.83. The highest BCUT2D eigenvalue weighted by atomic mass is 35.5. The minimum atomic E-state index is -6.26. The number of allylic oxidation sites excluding steroid dienone is 1. The summed E-state index contributed by atoms with van der Waals surface area (Å²) in [7, 11) is 0. The lowest BCUT2D eigenvalue weighted by molar-refractivity contribution is -0.348. The van der Waals surface area contributed by atoms with Crippen LogP contribution in [0.25, 0.3) is 0 Å². The van der Waals surface area contributed by atoms with Crippen LogP contribution in [0.1, 0.15) is 63.9 Å². The molecule has 206 valence electrons. The molecule has 3 rings (SSSR count). The second-order valence-electron chi connectivity index (χ2n) is 8.91. The van der Waals surface area contributed by atoms with Crippen LogP contribution < -0.4 is 10.6 Å². The standard InChI is InChI=1S/C26H24ClF7N2O2/c1-15-14-17(24(28,25(29,30)31)26(32,33)34)10-11-20(15)36-22(37)18-8-5-9-19(27)21(18)23(38)35-13-12-16-6-3-2-4-7-16/h5-6,8-11,14H,2-4,7,12-13H2,1H3,(H,35,38)(H,36,37). The van der Waals surface area contributed by atoms with Crippen molar-refractivity contribution < 1.29 is 40.3 Å². The van der Waals surface area contributed by atoms with Gasteiger partial charge in [-0.15, -0.1) is 0 Å². The molecule has 12 heteroatoms. The van der Waals surface area contributed by atoms with Gasteiger partial charge in [0.25, 0.3) is 11.8 Å². The van der Waals surface area contributed by atoms with Gasteiger partial charge in [-0.2, -0.15) is 26.3 Å². The molecule has 2 N–H and O–H groups in total. The van der Waals surface area contributed by atoms with E-state index in [0.717, 1.165) is 38.7 Å². The van der Waals surface area contributed by atoms with E-state index in [0.29, 0.717) is 25.1 Å². The molecule has 0 saturated carbocycles. The summed E-state index contributed by atoms with van der Waals surface area (Å²) in [5, 5.41) is 5.02. The lowest BCUT2D eigenvalue weighted by Crippen LogP contribution is -2.50. The van der Waals surface area contributed by atoms with Crippen LogP contribution in [0.4, 0.5) is 36.4 Å². The number of nitrogens with one attached hydrogen (secondary N) is 2. The van der Waals surface area contributed by atoms with E-state index in [-0.39, 0.29) is 27.4 Å². The molecule has 0 saturated heterocycles. The largest absolute Gasteiger partial charge is 0.435 e. The number of rotatable bonds is 7. The van der Waals surface area contributed by atoms with Crippen LogP contribution in [-0.2, 0) is 5.67 Å². The number of hydrogen-bond donors (Lipinski definition) is 2. The van der Waals surface area contributed by atoms with Gasteiger partial charge < -0.3 is 10.6 Å². The maximum atomic E-state index is 14.4. The third kappa shape index (κ3) is 6.14. The van der Waals surface area contributed by atoms with Crippen LogP contribution in [0, 0.1) is 6.92 Å². The molecule has 0 aliphatic heterocycles. The Morgan fingerprint density at radius 1 is 0.947 bits per heavy atom. The maximum Gasteiger partial charge on any atom is 0.435 e. The molecule has 0 unspecified atom stereocenters. The first-order valence-electron chi connectivity index (χ1n) is 11.7. The molecule has 0 radical (unpaired) electrons. The Labute approximate surface area is 219 Å². The molecule has 0 heterocycles. The summed E-state index contributed by atoms with van der Waals surface area (Å²) in [6.45, 7) is 1.42. The first-order valence-corrected chi connectivity index (χ1v) is 12.0. The van der Waals surface area contributed by atoms with E-state index in [1.165, 1.54) is 23.8 Å². The Morgan fingerprint density at radius 2 is 1.63 bits per heavy atom. The summed E-state index contributed by atoms with van der Waals surface area (Å²) in [6, 6.07) is 5.49. The summed E-state index contributed by atoms with van der Waals surface area (Å²) < 4.78 is 92.9. The zero-order valence-electron chi connectivity index (χ0n) is 20.1. The molecule has 0 aromatic heterocycles. The fourth-order valence-corrected chi connectivity index (χ4v) is 4.46. The Hall–Kier alpha value is -3.08. The molecular weight excluding hydrogens is 541 g/mol. The smallest absolute Gasteiger partial charge is 0.352 e. The number of amides is 2. The number of hydrogen-bond acceptors (Lipinski definition) is 2. The fourth-order valence-electron chi connectivity index (χ4n) is 4.20.